The minimum absolute atomic E-state index is 0.167. The van der Waals surface area contributed by atoms with Crippen LogP contribution in [0.25, 0.3) is 0 Å². The Labute approximate surface area is 130 Å². The van der Waals surface area contributed by atoms with Crippen LogP contribution in [0, 0.1) is 11.3 Å². The van der Waals surface area contributed by atoms with E-state index in [1.807, 2.05) is 0 Å². The molecule has 2 rings (SSSR count). The standard InChI is InChI=1S/C13H20Cl2N2OS/c1-3-6-17(7-9-4-5-9)11(19)16-10(18)12(2)8-13(12,14)15/h9H,3-8H2,1-2H3,(H,16,18,19). The third-order valence-corrected chi connectivity index (χ3v) is 5.40. The van der Waals surface area contributed by atoms with Gasteiger partial charge >= 0.3 is 0 Å². The van der Waals surface area contributed by atoms with Gasteiger partial charge in [-0.15, -0.1) is 23.2 Å². The molecule has 1 atom stereocenters. The zero-order valence-corrected chi connectivity index (χ0v) is 13.7. The molecule has 2 aliphatic carbocycles. The van der Waals surface area contributed by atoms with E-state index < -0.39 is 9.75 Å². The molecule has 0 heterocycles. The Balaban J connectivity index is 1.89. The number of hydrogen-bond acceptors (Lipinski definition) is 2. The molecule has 0 aromatic heterocycles. The minimum atomic E-state index is -0.946. The molecule has 108 valence electrons. The molecule has 0 spiro atoms. The lowest BCUT2D eigenvalue weighted by Crippen LogP contribution is -2.46. The van der Waals surface area contributed by atoms with Gasteiger partial charge in [-0.05, 0) is 50.7 Å². The van der Waals surface area contributed by atoms with Crippen molar-refractivity contribution in [2.75, 3.05) is 13.1 Å². The Kier molecular flexibility index (Phi) is 4.34. The summed E-state index contributed by atoms with van der Waals surface area (Å²) in [6.07, 6.45) is 4.02. The second kappa shape index (κ2) is 5.38. The largest absolute Gasteiger partial charge is 0.349 e. The number of halogens is 2. The molecule has 3 nitrogen and oxygen atoms in total. The maximum absolute atomic E-state index is 12.2. The van der Waals surface area contributed by atoms with Crippen LogP contribution in [0.15, 0.2) is 0 Å². The molecule has 0 bridgehead atoms. The third kappa shape index (κ3) is 3.34. The number of nitrogens with zero attached hydrogens (tertiary/aromatic N) is 1. The molecule has 2 aliphatic rings. The fourth-order valence-electron chi connectivity index (χ4n) is 2.12. The van der Waals surface area contributed by atoms with E-state index in [2.05, 4.69) is 17.1 Å². The van der Waals surface area contributed by atoms with Crippen LogP contribution in [0.2, 0.25) is 0 Å². The van der Waals surface area contributed by atoms with Gasteiger partial charge in [0.25, 0.3) is 0 Å². The normalized spacial score (nSPS) is 27.8. The highest BCUT2D eigenvalue weighted by molar-refractivity contribution is 7.80. The van der Waals surface area contributed by atoms with E-state index >= 15 is 0 Å². The molecule has 6 heteroatoms. The number of amides is 1. The van der Waals surface area contributed by atoms with Gasteiger partial charge in [0.2, 0.25) is 5.91 Å². The number of carbonyl (C=O) groups is 1. The maximum atomic E-state index is 12.2. The molecule has 1 amide bonds. The quantitative estimate of drug-likeness (QED) is 0.623. The Morgan fingerprint density at radius 1 is 1.47 bits per heavy atom. The number of nitrogens with one attached hydrogen (secondary N) is 1. The lowest BCUT2D eigenvalue weighted by atomic mass is 10.1. The lowest BCUT2D eigenvalue weighted by molar-refractivity contribution is -0.124. The topological polar surface area (TPSA) is 32.3 Å². The average molecular weight is 323 g/mol. The molecule has 1 unspecified atom stereocenters. The summed E-state index contributed by atoms with van der Waals surface area (Å²) in [7, 11) is 0. The molecule has 0 aromatic carbocycles. The number of hydrogen-bond donors (Lipinski definition) is 1. The van der Waals surface area contributed by atoms with Crippen LogP contribution >= 0.6 is 35.4 Å². The van der Waals surface area contributed by atoms with Gasteiger partial charge in [-0.1, -0.05) is 6.92 Å². The molecule has 0 aromatic rings. The average Bonchev–Trinajstić information content (AvgIpc) is 3.18. The molecular formula is C13H20Cl2N2OS. The minimum Gasteiger partial charge on any atom is -0.349 e. The fraction of sp³-hybridized carbons (Fsp3) is 0.846. The SMILES string of the molecule is CCCN(CC1CC1)C(=S)NC(=O)C1(C)CC1(Cl)Cl. The van der Waals surface area contributed by atoms with E-state index in [0.29, 0.717) is 11.5 Å². The van der Waals surface area contributed by atoms with Crippen molar-refractivity contribution in [3.63, 3.8) is 0 Å². The zero-order valence-electron chi connectivity index (χ0n) is 11.3. The Hall–Kier alpha value is -0.0600. The number of alkyl halides is 2. The van der Waals surface area contributed by atoms with Gasteiger partial charge in [-0.3, -0.25) is 4.79 Å². The summed E-state index contributed by atoms with van der Waals surface area (Å²) in [6.45, 7) is 5.70. The summed E-state index contributed by atoms with van der Waals surface area (Å²) in [5, 5.41) is 3.32. The van der Waals surface area contributed by atoms with Gasteiger partial charge in [0.1, 0.15) is 4.33 Å². The van der Waals surface area contributed by atoms with Crippen LogP contribution < -0.4 is 5.32 Å². The third-order valence-electron chi connectivity index (χ3n) is 3.94. The van der Waals surface area contributed by atoms with Crippen LogP contribution in [-0.4, -0.2) is 33.3 Å². The van der Waals surface area contributed by atoms with Crippen LogP contribution in [0.4, 0.5) is 0 Å². The Bertz CT molecular complexity index is 398. The first-order chi connectivity index (χ1) is 8.80. The highest BCUT2D eigenvalue weighted by Gasteiger charge is 2.68. The van der Waals surface area contributed by atoms with Crippen LogP contribution in [0.1, 0.15) is 39.5 Å². The Morgan fingerprint density at radius 2 is 2.05 bits per heavy atom. The predicted molar refractivity (Wildman–Crippen MR) is 82.5 cm³/mol. The molecule has 19 heavy (non-hydrogen) atoms. The highest BCUT2D eigenvalue weighted by atomic mass is 35.5. The van der Waals surface area contributed by atoms with Crippen molar-refractivity contribution in [2.24, 2.45) is 11.3 Å². The highest BCUT2D eigenvalue weighted by Crippen LogP contribution is 2.63. The summed E-state index contributed by atoms with van der Waals surface area (Å²) < 4.78 is -0.946. The van der Waals surface area contributed by atoms with Crippen molar-refractivity contribution >= 4 is 46.4 Å². The van der Waals surface area contributed by atoms with E-state index in [1.165, 1.54) is 12.8 Å². The maximum Gasteiger partial charge on any atom is 0.235 e. The number of carbonyl (C=O) groups excluding carboxylic acids is 1. The van der Waals surface area contributed by atoms with Gasteiger partial charge in [0.15, 0.2) is 5.11 Å². The molecule has 1 N–H and O–H groups in total. The summed E-state index contributed by atoms with van der Waals surface area (Å²) in [5.41, 5.74) is -0.711. The first-order valence-corrected chi connectivity index (χ1v) is 7.95. The van der Waals surface area contributed by atoms with Crippen molar-refractivity contribution in [2.45, 2.75) is 43.9 Å². The Morgan fingerprint density at radius 3 is 2.47 bits per heavy atom. The van der Waals surface area contributed by atoms with Crippen molar-refractivity contribution in [3.05, 3.63) is 0 Å². The molecule has 0 aliphatic heterocycles. The van der Waals surface area contributed by atoms with Crippen LogP contribution in [0.3, 0.4) is 0 Å². The summed E-state index contributed by atoms with van der Waals surface area (Å²) >= 11 is 17.4. The zero-order chi connectivity index (χ0) is 14.3. The summed E-state index contributed by atoms with van der Waals surface area (Å²) in [4.78, 5) is 14.3. The molecular weight excluding hydrogens is 303 g/mol. The van der Waals surface area contributed by atoms with Crippen LogP contribution in [0.5, 0.6) is 0 Å². The smallest absolute Gasteiger partial charge is 0.235 e. The number of rotatable bonds is 5. The van der Waals surface area contributed by atoms with Crippen molar-refractivity contribution in [3.8, 4) is 0 Å². The summed E-state index contributed by atoms with van der Waals surface area (Å²) in [6, 6.07) is 0. The van der Waals surface area contributed by atoms with Gasteiger partial charge in [0.05, 0.1) is 5.41 Å². The molecule has 0 radical (unpaired) electrons. The van der Waals surface area contributed by atoms with Gasteiger partial charge in [-0.2, -0.15) is 0 Å². The van der Waals surface area contributed by atoms with Gasteiger partial charge < -0.3 is 10.2 Å². The first-order valence-electron chi connectivity index (χ1n) is 6.78. The predicted octanol–water partition coefficient (Wildman–Crippen LogP) is 3.09. The summed E-state index contributed by atoms with van der Waals surface area (Å²) in [5.74, 6) is 0.567. The van der Waals surface area contributed by atoms with Crippen molar-refractivity contribution < 1.29 is 4.79 Å². The van der Waals surface area contributed by atoms with E-state index in [1.54, 1.807) is 6.92 Å². The van der Waals surface area contributed by atoms with E-state index in [4.69, 9.17) is 35.4 Å². The first kappa shape index (κ1) is 15.3. The monoisotopic (exact) mass is 322 g/mol. The second-order valence-electron chi connectivity index (χ2n) is 5.86. The molecule has 2 fully saturated rings. The van der Waals surface area contributed by atoms with Gasteiger partial charge in [0, 0.05) is 13.1 Å². The van der Waals surface area contributed by atoms with Gasteiger partial charge in [-0.25, -0.2) is 0 Å². The lowest BCUT2D eigenvalue weighted by Gasteiger charge is -2.26. The molecule has 2 saturated carbocycles. The number of thiocarbonyl (C=S) groups is 1. The van der Waals surface area contributed by atoms with Crippen molar-refractivity contribution in [1.29, 1.82) is 0 Å². The van der Waals surface area contributed by atoms with Crippen LogP contribution in [-0.2, 0) is 4.79 Å². The second-order valence-corrected chi connectivity index (χ2v) is 7.73. The van der Waals surface area contributed by atoms with E-state index in [0.717, 1.165) is 25.4 Å². The van der Waals surface area contributed by atoms with E-state index in [9.17, 15) is 4.79 Å². The fourth-order valence-corrected chi connectivity index (χ4v) is 3.08. The van der Waals surface area contributed by atoms with E-state index in [-0.39, 0.29) is 5.91 Å². The molecule has 0 saturated heterocycles. The van der Waals surface area contributed by atoms with Crippen molar-refractivity contribution in [1.82, 2.24) is 10.2 Å².